The summed E-state index contributed by atoms with van der Waals surface area (Å²) in [6, 6.07) is 0. The van der Waals surface area contributed by atoms with Gasteiger partial charge in [-0.1, -0.05) is 0 Å². The predicted molar refractivity (Wildman–Crippen MR) is 105 cm³/mol. The fourth-order valence-electron chi connectivity index (χ4n) is 0.554. The summed E-state index contributed by atoms with van der Waals surface area (Å²) in [5.74, 6) is 0. The van der Waals surface area contributed by atoms with Crippen molar-refractivity contribution >= 4 is 62.6 Å². The van der Waals surface area contributed by atoms with Gasteiger partial charge in [-0.05, 0) is 0 Å². The molecule has 16 N–H and O–H groups in total. The Hall–Kier alpha value is 5.04. The van der Waals surface area contributed by atoms with Crippen LogP contribution >= 0.6 is 62.6 Å². The van der Waals surface area contributed by atoms with Crippen molar-refractivity contribution in [2.45, 2.75) is 0 Å². The molecule has 0 atom stereocenters. The molecule has 40 heteroatoms. The van der Waals surface area contributed by atoms with Crippen LogP contribution in [0, 0.1) is 0 Å². The number of hydrogen-bond donors (Lipinski definition) is 16. The molecule has 0 aliphatic rings. The third-order valence-electron chi connectivity index (χ3n) is 0.851. The molecule has 0 aromatic carbocycles. The molecule has 0 fully saturated rings. The van der Waals surface area contributed by atoms with Crippen LogP contribution < -0.4 is 118 Å². The van der Waals surface area contributed by atoms with Gasteiger partial charge < -0.3 is 84.0 Å². The number of phosphoric acid groups is 8. The van der Waals surface area contributed by atoms with Gasteiger partial charge in [0.15, 0.2) is 0 Å². The average molecular weight is 808 g/mol. The molecule has 0 bridgehead atoms. The van der Waals surface area contributed by atoms with Gasteiger partial charge in [-0.15, -0.1) is 0 Å². The molecule has 0 saturated heterocycles. The largest absolute Gasteiger partial charge is 1.00 e. The maximum absolute atomic E-state index is 9.63. The van der Waals surface area contributed by atoms with Crippen LogP contribution in [0.2, 0.25) is 0 Å². The first kappa shape index (κ1) is 63.7. The molecule has 28 nitrogen and oxygen atoms in total. The summed E-state index contributed by atoms with van der Waals surface area (Å²) in [6.07, 6.45) is 0. The van der Waals surface area contributed by atoms with Crippen molar-refractivity contribution in [3.05, 3.63) is 0 Å². The van der Waals surface area contributed by atoms with Gasteiger partial charge >= 0.3 is 181 Å². The van der Waals surface area contributed by atoms with Crippen LogP contribution in [0.4, 0.5) is 0 Å². The molecule has 0 saturated carbocycles. The van der Waals surface area contributed by atoms with Gasteiger partial charge in [0.25, 0.3) is 0 Å². The van der Waals surface area contributed by atoms with E-state index in [1.54, 1.807) is 0 Å². The maximum atomic E-state index is 9.63. The summed E-state index contributed by atoms with van der Waals surface area (Å²) in [7, 11) is -40.4. The molecule has 0 aromatic heterocycles. The van der Waals surface area contributed by atoms with E-state index in [0.29, 0.717) is 0 Å². The van der Waals surface area contributed by atoms with E-state index in [0.717, 1.165) is 0 Å². The van der Waals surface area contributed by atoms with Crippen molar-refractivity contribution < 1.29 is 256 Å². The van der Waals surface area contributed by atoms with Crippen LogP contribution in [0.15, 0.2) is 0 Å². The van der Waals surface area contributed by atoms with Crippen LogP contribution in [-0.2, 0) is 53.8 Å². The van der Waals surface area contributed by atoms with Crippen molar-refractivity contribution in [1.29, 1.82) is 0 Å². The fraction of sp³-hybridized carbons (Fsp3) is 0. The first-order valence-electron chi connectivity index (χ1n) is 6.12. The smallest absolute Gasteiger partial charge is 1.00 e. The molecule has 0 rings (SSSR count). The Labute approximate surface area is 315 Å². The van der Waals surface area contributed by atoms with E-state index in [1.165, 1.54) is 0 Å². The first-order chi connectivity index (χ1) is 14.8. The zero-order chi connectivity index (χ0) is 30.8. The standard InChI is InChI=1S/4Na.4H4O7P2.4H/c;;;;4*1-8(2,3)7-9(4,5)6;;;;/h;;;;4*(H2,1,2,3)(H2,4,5,6);;;;/q4*+1;;;;;4*-1. The third-order valence-corrected chi connectivity index (χ3v) is 7.66. The second-order valence-corrected chi connectivity index (χ2v) is 14.7. The Kier molecular flexibility index (Phi) is 39.9. The van der Waals surface area contributed by atoms with Crippen LogP contribution in [0.1, 0.15) is 5.71 Å². The average Bonchev–Trinajstić information content (AvgIpc) is 2.19. The summed E-state index contributed by atoms with van der Waals surface area (Å²) in [6.45, 7) is 0. The Morgan fingerprint density at radius 3 is 0.300 bits per heavy atom. The molecule has 232 valence electrons. The van der Waals surface area contributed by atoms with Crippen LogP contribution in [0.3, 0.4) is 0 Å². The molecular formula is H20Na4O28P8. The molecule has 0 spiro atoms. The Morgan fingerprint density at radius 2 is 0.300 bits per heavy atom. The van der Waals surface area contributed by atoms with Crippen molar-refractivity contribution in [2.24, 2.45) is 0 Å². The maximum Gasteiger partial charge on any atom is 1.00 e. The fourth-order valence-corrected chi connectivity index (χ4v) is 4.99. The summed E-state index contributed by atoms with van der Waals surface area (Å²) in [5, 5.41) is 0. The van der Waals surface area contributed by atoms with Gasteiger partial charge in [-0.2, -0.15) is 17.2 Å². The molecule has 0 aliphatic heterocycles. The van der Waals surface area contributed by atoms with Crippen molar-refractivity contribution in [1.82, 2.24) is 0 Å². The molecule has 0 aromatic rings. The SMILES string of the molecule is O=P(O)(O)OP(=O)(O)O.O=P(O)(O)OP(=O)(O)O.O=P(O)(O)OP(=O)(O)O.O=P(O)(O)OP(=O)(O)O.[H-].[H-].[H-].[H-].[Na+].[Na+].[Na+].[Na+]. The van der Waals surface area contributed by atoms with Crippen molar-refractivity contribution in [3.8, 4) is 0 Å². The minimum atomic E-state index is -5.05. The van der Waals surface area contributed by atoms with Crippen LogP contribution in [0.5, 0.6) is 0 Å². The summed E-state index contributed by atoms with van der Waals surface area (Å²) >= 11 is 0. The summed E-state index contributed by atoms with van der Waals surface area (Å²) in [4.78, 5) is 124. The van der Waals surface area contributed by atoms with Gasteiger partial charge in [-0.3, -0.25) is 0 Å². The van der Waals surface area contributed by atoms with Crippen molar-refractivity contribution in [2.75, 3.05) is 0 Å². The molecule has 40 heavy (non-hydrogen) atoms. The predicted octanol–water partition coefficient (Wildman–Crippen LogP) is -14.8. The molecule has 0 amide bonds. The zero-order valence-corrected chi connectivity index (χ0v) is 34.8. The Bertz CT molecular complexity index is 796. The Morgan fingerprint density at radius 1 is 0.250 bits per heavy atom. The quantitative estimate of drug-likeness (QED) is 0.0799. The van der Waals surface area contributed by atoms with Crippen LogP contribution in [-0.4, -0.2) is 78.3 Å². The Balaban J connectivity index is -0.0000000293. The molecule has 0 aliphatic carbocycles. The third kappa shape index (κ3) is 90.2. The topological polar surface area (TPSA) is 497 Å². The summed E-state index contributed by atoms with van der Waals surface area (Å²) < 4.78 is 88.8. The van der Waals surface area contributed by atoms with E-state index in [4.69, 9.17) is 78.3 Å². The van der Waals surface area contributed by atoms with Gasteiger partial charge in [0.1, 0.15) is 0 Å². The summed E-state index contributed by atoms with van der Waals surface area (Å²) in [5.41, 5.74) is 0. The molecule has 0 unspecified atom stereocenters. The molecular weight excluding hydrogens is 788 g/mol. The molecule has 0 radical (unpaired) electrons. The number of hydrogen-bond acceptors (Lipinski definition) is 12. The van der Waals surface area contributed by atoms with E-state index < -0.39 is 62.6 Å². The second-order valence-electron chi connectivity index (χ2n) is 4.25. The van der Waals surface area contributed by atoms with E-state index in [9.17, 15) is 36.5 Å². The second kappa shape index (κ2) is 25.1. The monoisotopic (exact) mass is 808 g/mol. The van der Waals surface area contributed by atoms with E-state index in [1.807, 2.05) is 0 Å². The van der Waals surface area contributed by atoms with Gasteiger partial charge in [0.2, 0.25) is 0 Å². The van der Waals surface area contributed by atoms with E-state index in [2.05, 4.69) is 17.2 Å². The normalized spacial score (nSPS) is 12.4. The van der Waals surface area contributed by atoms with E-state index in [-0.39, 0.29) is 124 Å². The van der Waals surface area contributed by atoms with E-state index >= 15 is 0 Å². The minimum absolute atomic E-state index is 0. The molecule has 0 heterocycles. The van der Waals surface area contributed by atoms with Gasteiger partial charge in [0, 0.05) is 0 Å². The number of rotatable bonds is 8. The van der Waals surface area contributed by atoms with Gasteiger partial charge in [0.05, 0.1) is 0 Å². The van der Waals surface area contributed by atoms with Gasteiger partial charge in [-0.25, -0.2) is 36.5 Å². The zero-order valence-electron chi connectivity index (χ0n) is 23.6. The minimum Gasteiger partial charge on any atom is -1.00 e. The first-order valence-corrected chi connectivity index (χ1v) is 18.4. The van der Waals surface area contributed by atoms with Crippen molar-refractivity contribution in [3.63, 3.8) is 0 Å². The van der Waals surface area contributed by atoms with Crippen LogP contribution in [0.25, 0.3) is 0 Å².